The van der Waals surface area contributed by atoms with Gasteiger partial charge in [0, 0.05) is 29.0 Å². The van der Waals surface area contributed by atoms with Crippen molar-refractivity contribution in [2.24, 2.45) is 7.05 Å². The normalized spacial score (nSPS) is 20.2. The highest BCUT2D eigenvalue weighted by atomic mass is 32.2. The van der Waals surface area contributed by atoms with Gasteiger partial charge in [-0.3, -0.25) is 4.68 Å². The van der Waals surface area contributed by atoms with Crippen molar-refractivity contribution in [1.82, 2.24) is 9.78 Å². The largest absolute Gasteiger partial charge is 0.387 e. The van der Waals surface area contributed by atoms with Crippen LogP contribution in [0.1, 0.15) is 17.2 Å². The summed E-state index contributed by atoms with van der Waals surface area (Å²) in [6, 6.07) is 8.36. The van der Waals surface area contributed by atoms with Crippen LogP contribution in [0.15, 0.2) is 41.6 Å². The summed E-state index contributed by atoms with van der Waals surface area (Å²) in [6.45, 7) is 0. The number of aliphatic hydroxyl groups excluding tert-OH is 1. The maximum atomic E-state index is 10.3. The van der Waals surface area contributed by atoms with E-state index in [1.807, 2.05) is 19.3 Å². The number of fused-ring (bicyclic) bond motifs is 1. The summed E-state index contributed by atoms with van der Waals surface area (Å²) in [5.41, 5.74) is 2.24. The van der Waals surface area contributed by atoms with Gasteiger partial charge in [0.25, 0.3) is 0 Å². The van der Waals surface area contributed by atoms with Crippen LogP contribution in [-0.4, -0.2) is 20.1 Å². The van der Waals surface area contributed by atoms with Gasteiger partial charge in [0.2, 0.25) is 0 Å². The Balaban J connectivity index is 1.80. The van der Waals surface area contributed by atoms with E-state index in [2.05, 4.69) is 23.3 Å². The SMILES string of the molecule is Cn1cc(C(O)C2Cc3ccccc3S2)cn1. The number of hydrogen-bond acceptors (Lipinski definition) is 3. The van der Waals surface area contributed by atoms with Crippen molar-refractivity contribution >= 4 is 11.8 Å². The zero-order valence-corrected chi connectivity index (χ0v) is 10.4. The minimum Gasteiger partial charge on any atom is -0.387 e. The molecule has 1 N–H and O–H groups in total. The molecule has 0 radical (unpaired) electrons. The molecule has 0 bridgehead atoms. The lowest BCUT2D eigenvalue weighted by Crippen LogP contribution is -2.13. The molecule has 2 unspecified atom stereocenters. The van der Waals surface area contributed by atoms with E-state index in [9.17, 15) is 5.11 Å². The second kappa shape index (κ2) is 4.20. The topological polar surface area (TPSA) is 38.0 Å². The standard InChI is InChI=1S/C13H14N2OS/c1-15-8-10(7-14-15)13(16)12-6-9-4-2-3-5-11(9)17-12/h2-5,7-8,12-13,16H,6H2,1H3. The molecule has 2 aromatic rings. The van der Waals surface area contributed by atoms with Crippen molar-refractivity contribution in [3.05, 3.63) is 47.8 Å². The van der Waals surface area contributed by atoms with E-state index in [4.69, 9.17) is 0 Å². The second-order valence-electron chi connectivity index (χ2n) is 4.36. The van der Waals surface area contributed by atoms with Gasteiger partial charge in [-0.05, 0) is 18.1 Å². The lowest BCUT2D eigenvalue weighted by atomic mass is 10.0. The fraction of sp³-hybridized carbons (Fsp3) is 0.308. The van der Waals surface area contributed by atoms with Crippen molar-refractivity contribution in [2.45, 2.75) is 22.7 Å². The fourth-order valence-electron chi connectivity index (χ4n) is 2.19. The minimum absolute atomic E-state index is 0.205. The smallest absolute Gasteiger partial charge is 0.0945 e. The van der Waals surface area contributed by atoms with Gasteiger partial charge in [0.15, 0.2) is 0 Å². The molecule has 3 rings (SSSR count). The van der Waals surface area contributed by atoms with E-state index in [1.54, 1.807) is 22.6 Å². The van der Waals surface area contributed by atoms with Crippen LogP contribution in [0.2, 0.25) is 0 Å². The van der Waals surface area contributed by atoms with Gasteiger partial charge >= 0.3 is 0 Å². The monoisotopic (exact) mass is 246 g/mol. The Morgan fingerprint density at radius 2 is 2.29 bits per heavy atom. The van der Waals surface area contributed by atoms with Gasteiger partial charge in [-0.15, -0.1) is 11.8 Å². The highest BCUT2D eigenvalue weighted by Gasteiger charge is 2.29. The maximum absolute atomic E-state index is 10.3. The number of rotatable bonds is 2. The third kappa shape index (κ3) is 1.98. The summed E-state index contributed by atoms with van der Waals surface area (Å²) in [5.74, 6) is 0. The van der Waals surface area contributed by atoms with Gasteiger partial charge in [-0.1, -0.05) is 18.2 Å². The van der Waals surface area contributed by atoms with Crippen LogP contribution in [0, 0.1) is 0 Å². The van der Waals surface area contributed by atoms with Gasteiger partial charge in [0.1, 0.15) is 0 Å². The summed E-state index contributed by atoms with van der Waals surface area (Å²) in [7, 11) is 1.87. The first-order chi connectivity index (χ1) is 8.24. The number of aromatic nitrogens is 2. The molecule has 3 nitrogen and oxygen atoms in total. The summed E-state index contributed by atoms with van der Waals surface area (Å²) >= 11 is 1.76. The van der Waals surface area contributed by atoms with E-state index in [0.29, 0.717) is 0 Å². The van der Waals surface area contributed by atoms with Crippen LogP contribution < -0.4 is 0 Å². The molecule has 88 valence electrons. The van der Waals surface area contributed by atoms with Crippen molar-refractivity contribution < 1.29 is 5.11 Å². The molecule has 0 amide bonds. The zero-order valence-electron chi connectivity index (χ0n) is 9.58. The molecule has 0 aliphatic carbocycles. The molecule has 2 atom stereocenters. The number of thioether (sulfide) groups is 1. The fourth-order valence-corrected chi connectivity index (χ4v) is 3.53. The van der Waals surface area contributed by atoms with Crippen LogP contribution in [0.25, 0.3) is 0 Å². The molecule has 1 aliphatic rings. The third-order valence-corrected chi connectivity index (χ3v) is 4.47. The Morgan fingerprint density at radius 3 is 3.00 bits per heavy atom. The molecular formula is C13H14N2OS. The summed E-state index contributed by atoms with van der Waals surface area (Å²) < 4.78 is 1.73. The van der Waals surface area contributed by atoms with E-state index in [1.165, 1.54) is 10.5 Å². The minimum atomic E-state index is -0.443. The quantitative estimate of drug-likeness (QED) is 0.882. The number of aliphatic hydroxyl groups is 1. The van der Waals surface area contributed by atoms with Crippen LogP contribution in [0.4, 0.5) is 0 Å². The molecule has 0 saturated carbocycles. The Morgan fingerprint density at radius 1 is 1.47 bits per heavy atom. The molecule has 0 fully saturated rings. The summed E-state index contributed by atoms with van der Waals surface area (Å²) in [5, 5.41) is 14.6. The Labute approximate surface area is 104 Å². The lowest BCUT2D eigenvalue weighted by molar-refractivity contribution is 0.175. The van der Waals surface area contributed by atoms with Crippen LogP contribution >= 0.6 is 11.8 Å². The van der Waals surface area contributed by atoms with Crippen molar-refractivity contribution in [3.8, 4) is 0 Å². The van der Waals surface area contributed by atoms with Crippen molar-refractivity contribution in [2.75, 3.05) is 0 Å². The Hall–Kier alpha value is -1.26. The molecule has 4 heteroatoms. The van der Waals surface area contributed by atoms with E-state index in [-0.39, 0.29) is 5.25 Å². The average Bonchev–Trinajstić information content (AvgIpc) is 2.93. The average molecular weight is 246 g/mol. The molecule has 0 saturated heterocycles. The molecule has 1 aromatic heterocycles. The molecule has 0 spiro atoms. The first-order valence-electron chi connectivity index (χ1n) is 5.65. The second-order valence-corrected chi connectivity index (χ2v) is 5.64. The highest BCUT2D eigenvalue weighted by molar-refractivity contribution is 8.00. The van der Waals surface area contributed by atoms with Crippen LogP contribution in [0.3, 0.4) is 0 Å². The lowest BCUT2D eigenvalue weighted by Gasteiger charge is -2.15. The number of nitrogens with zero attached hydrogens (tertiary/aromatic N) is 2. The van der Waals surface area contributed by atoms with E-state index in [0.717, 1.165) is 12.0 Å². The molecular weight excluding hydrogens is 232 g/mol. The predicted molar refractivity (Wildman–Crippen MR) is 68.0 cm³/mol. The van der Waals surface area contributed by atoms with E-state index < -0.39 is 6.10 Å². The van der Waals surface area contributed by atoms with Gasteiger partial charge in [-0.2, -0.15) is 5.10 Å². The Kier molecular flexibility index (Phi) is 2.68. The van der Waals surface area contributed by atoms with Crippen LogP contribution in [-0.2, 0) is 13.5 Å². The van der Waals surface area contributed by atoms with Gasteiger partial charge < -0.3 is 5.11 Å². The number of benzene rings is 1. The molecule has 1 aromatic carbocycles. The van der Waals surface area contributed by atoms with E-state index >= 15 is 0 Å². The Bertz CT molecular complexity index is 513. The number of hydrogen-bond donors (Lipinski definition) is 1. The summed E-state index contributed by atoms with van der Waals surface area (Å²) in [6.07, 6.45) is 4.11. The first-order valence-corrected chi connectivity index (χ1v) is 6.53. The molecule has 17 heavy (non-hydrogen) atoms. The number of aryl methyl sites for hydroxylation is 1. The highest BCUT2D eigenvalue weighted by Crippen LogP contribution is 2.42. The maximum Gasteiger partial charge on any atom is 0.0945 e. The van der Waals surface area contributed by atoms with Gasteiger partial charge in [-0.25, -0.2) is 0 Å². The van der Waals surface area contributed by atoms with Crippen molar-refractivity contribution in [1.29, 1.82) is 0 Å². The first kappa shape index (κ1) is 10.9. The molecule has 2 heterocycles. The molecule has 1 aliphatic heterocycles. The van der Waals surface area contributed by atoms with Crippen molar-refractivity contribution in [3.63, 3.8) is 0 Å². The summed E-state index contributed by atoms with van der Waals surface area (Å²) in [4.78, 5) is 1.29. The predicted octanol–water partition coefficient (Wildman–Crippen LogP) is 2.17. The van der Waals surface area contributed by atoms with Gasteiger partial charge in [0.05, 0.1) is 12.3 Å². The third-order valence-electron chi connectivity index (χ3n) is 3.09. The zero-order chi connectivity index (χ0) is 11.8. The van der Waals surface area contributed by atoms with Crippen LogP contribution in [0.5, 0.6) is 0 Å².